The fourth-order valence-corrected chi connectivity index (χ4v) is 1.82. The van der Waals surface area contributed by atoms with E-state index in [1.54, 1.807) is 13.3 Å². The predicted molar refractivity (Wildman–Crippen MR) is 64.8 cm³/mol. The van der Waals surface area contributed by atoms with E-state index in [4.69, 9.17) is 4.74 Å². The van der Waals surface area contributed by atoms with Crippen LogP contribution in [0.4, 0.5) is 0 Å². The fourth-order valence-electron chi connectivity index (χ4n) is 1.82. The Bertz CT molecular complexity index is 515. The molecule has 0 aliphatic rings. The van der Waals surface area contributed by atoms with Crippen molar-refractivity contribution in [1.82, 2.24) is 9.97 Å². The van der Waals surface area contributed by atoms with Gasteiger partial charge in [-0.05, 0) is 17.0 Å². The normalized spacial score (nSPS) is 11.8. The molecule has 0 unspecified atom stereocenters. The van der Waals surface area contributed by atoms with Gasteiger partial charge in [0.1, 0.15) is 0 Å². The van der Waals surface area contributed by atoms with Crippen molar-refractivity contribution in [2.45, 2.75) is 26.2 Å². The van der Waals surface area contributed by atoms with E-state index in [1.807, 2.05) is 18.5 Å². The highest BCUT2D eigenvalue weighted by atomic mass is 16.5. The van der Waals surface area contributed by atoms with Crippen LogP contribution in [-0.4, -0.2) is 17.1 Å². The first kappa shape index (κ1) is 10.9. The molecule has 0 spiro atoms. The SMILES string of the molecule is COc1ncc(C(C)(C)C)c2cnccc12. The Hall–Kier alpha value is -1.64. The Kier molecular flexibility index (Phi) is 2.54. The monoisotopic (exact) mass is 216 g/mol. The highest BCUT2D eigenvalue weighted by Gasteiger charge is 2.19. The minimum absolute atomic E-state index is 0.0561. The van der Waals surface area contributed by atoms with Crippen molar-refractivity contribution in [2.24, 2.45) is 0 Å². The van der Waals surface area contributed by atoms with Crippen LogP contribution >= 0.6 is 0 Å². The molecule has 0 aromatic carbocycles. The van der Waals surface area contributed by atoms with E-state index in [1.165, 1.54) is 5.56 Å². The largest absolute Gasteiger partial charge is 0.481 e. The number of ether oxygens (including phenoxy) is 1. The minimum atomic E-state index is 0.0561. The van der Waals surface area contributed by atoms with Crippen molar-refractivity contribution in [2.75, 3.05) is 7.11 Å². The number of aromatic nitrogens is 2. The van der Waals surface area contributed by atoms with Crippen molar-refractivity contribution in [3.05, 3.63) is 30.2 Å². The van der Waals surface area contributed by atoms with E-state index in [9.17, 15) is 0 Å². The van der Waals surface area contributed by atoms with E-state index in [-0.39, 0.29) is 5.41 Å². The van der Waals surface area contributed by atoms with Gasteiger partial charge in [0.15, 0.2) is 0 Å². The lowest BCUT2D eigenvalue weighted by Gasteiger charge is -2.21. The Labute approximate surface area is 95.5 Å². The first-order chi connectivity index (χ1) is 7.54. The zero-order valence-electron chi connectivity index (χ0n) is 10.1. The van der Waals surface area contributed by atoms with Crippen LogP contribution in [0.2, 0.25) is 0 Å². The Morgan fingerprint density at radius 3 is 2.50 bits per heavy atom. The van der Waals surface area contributed by atoms with Crippen LogP contribution in [0.5, 0.6) is 5.88 Å². The molecule has 0 fully saturated rings. The Morgan fingerprint density at radius 1 is 1.12 bits per heavy atom. The molecule has 2 rings (SSSR count). The molecule has 0 radical (unpaired) electrons. The summed E-state index contributed by atoms with van der Waals surface area (Å²) < 4.78 is 5.26. The molecule has 2 aromatic rings. The van der Waals surface area contributed by atoms with Crippen LogP contribution in [0.3, 0.4) is 0 Å². The highest BCUT2D eigenvalue weighted by molar-refractivity contribution is 5.89. The van der Waals surface area contributed by atoms with Crippen LogP contribution < -0.4 is 4.74 Å². The molecular formula is C13H16N2O. The summed E-state index contributed by atoms with van der Waals surface area (Å²) in [5, 5.41) is 2.13. The molecule has 3 nitrogen and oxygen atoms in total. The van der Waals surface area contributed by atoms with Crippen LogP contribution in [0.25, 0.3) is 10.8 Å². The summed E-state index contributed by atoms with van der Waals surface area (Å²) in [5.41, 5.74) is 1.25. The maximum absolute atomic E-state index is 5.26. The van der Waals surface area contributed by atoms with Crippen LogP contribution in [0, 0.1) is 0 Å². The number of pyridine rings is 2. The van der Waals surface area contributed by atoms with Gasteiger partial charge < -0.3 is 4.74 Å². The average molecular weight is 216 g/mol. The molecule has 0 aliphatic heterocycles. The Morgan fingerprint density at radius 2 is 1.88 bits per heavy atom. The molecule has 2 aromatic heterocycles. The molecular weight excluding hydrogens is 200 g/mol. The first-order valence-corrected chi connectivity index (χ1v) is 5.31. The lowest BCUT2D eigenvalue weighted by Crippen LogP contribution is -2.12. The summed E-state index contributed by atoms with van der Waals surface area (Å²) in [6, 6.07) is 1.94. The summed E-state index contributed by atoms with van der Waals surface area (Å²) in [6.45, 7) is 6.51. The van der Waals surface area contributed by atoms with Crippen molar-refractivity contribution < 1.29 is 4.74 Å². The molecule has 2 heterocycles. The van der Waals surface area contributed by atoms with E-state index in [0.717, 1.165) is 10.8 Å². The van der Waals surface area contributed by atoms with Crippen molar-refractivity contribution >= 4 is 10.8 Å². The summed E-state index contributed by atoms with van der Waals surface area (Å²) in [6.07, 6.45) is 5.52. The van der Waals surface area contributed by atoms with Gasteiger partial charge in [-0.3, -0.25) is 4.98 Å². The molecule has 0 bridgehead atoms. The number of methoxy groups -OCH3 is 1. The van der Waals surface area contributed by atoms with Gasteiger partial charge in [-0.25, -0.2) is 4.98 Å². The molecule has 84 valence electrons. The first-order valence-electron chi connectivity index (χ1n) is 5.31. The summed E-state index contributed by atoms with van der Waals surface area (Å²) in [4.78, 5) is 8.52. The second-order valence-electron chi connectivity index (χ2n) is 4.85. The summed E-state index contributed by atoms with van der Waals surface area (Å²) in [7, 11) is 1.64. The maximum atomic E-state index is 5.26. The highest BCUT2D eigenvalue weighted by Crippen LogP contribution is 2.32. The summed E-state index contributed by atoms with van der Waals surface area (Å²) in [5.74, 6) is 0.658. The molecule has 0 saturated heterocycles. The molecule has 0 amide bonds. The van der Waals surface area contributed by atoms with E-state index < -0.39 is 0 Å². The maximum Gasteiger partial charge on any atom is 0.221 e. The van der Waals surface area contributed by atoms with Gasteiger partial charge in [0, 0.05) is 29.4 Å². The van der Waals surface area contributed by atoms with Gasteiger partial charge in [-0.2, -0.15) is 0 Å². The van der Waals surface area contributed by atoms with Crippen molar-refractivity contribution in [3.8, 4) is 5.88 Å². The number of rotatable bonds is 1. The van der Waals surface area contributed by atoms with E-state index >= 15 is 0 Å². The summed E-state index contributed by atoms with van der Waals surface area (Å²) >= 11 is 0. The number of fused-ring (bicyclic) bond motifs is 1. The van der Waals surface area contributed by atoms with Crippen molar-refractivity contribution in [1.29, 1.82) is 0 Å². The van der Waals surface area contributed by atoms with E-state index in [2.05, 4.69) is 30.7 Å². The number of nitrogens with zero attached hydrogens (tertiary/aromatic N) is 2. The third-order valence-corrected chi connectivity index (χ3v) is 2.65. The lowest BCUT2D eigenvalue weighted by molar-refractivity contribution is 0.402. The second-order valence-corrected chi connectivity index (χ2v) is 4.85. The number of hydrogen-bond acceptors (Lipinski definition) is 3. The third kappa shape index (κ3) is 1.73. The zero-order valence-corrected chi connectivity index (χ0v) is 10.1. The molecule has 0 N–H and O–H groups in total. The van der Waals surface area contributed by atoms with Crippen LogP contribution in [-0.2, 0) is 5.41 Å². The molecule has 0 saturated carbocycles. The predicted octanol–water partition coefficient (Wildman–Crippen LogP) is 2.94. The topological polar surface area (TPSA) is 35.0 Å². The molecule has 0 atom stereocenters. The van der Waals surface area contributed by atoms with Gasteiger partial charge in [-0.1, -0.05) is 20.8 Å². The van der Waals surface area contributed by atoms with Gasteiger partial charge in [0.25, 0.3) is 0 Å². The van der Waals surface area contributed by atoms with Gasteiger partial charge in [0.2, 0.25) is 5.88 Å². The lowest BCUT2D eigenvalue weighted by atomic mass is 9.85. The minimum Gasteiger partial charge on any atom is -0.481 e. The quantitative estimate of drug-likeness (QED) is 0.735. The molecule has 0 aliphatic carbocycles. The second kappa shape index (κ2) is 3.74. The average Bonchev–Trinajstić information content (AvgIpc) is 2.26. The van der Waals surface area contributed by atoms with E-state index in [0.29, 0.717) is 5.88 Å². The van der Waals surface area contributed by atoms with Gasteiger partial charge >= 0.3 is 0 Å². The zero-order chi connectivity index (χ0) is 11.8. The smallest absolute Gasteiger partial charge is 0.221 e. The Balaban J connectivity index is 2.80. The van der Waals surface area contributed by atoms with Gasteiger partial charge in [-0.15, -0.1) is 0 Å². The van der Waals surface area contributed by atoms with Crippen LogP contribution in [0.1, 0.15) is 26.3 Å². The van der Waals surface area contributed by atoms with Crippen LogP contribution in [0.15, 0.2) is 24.7 Å². The van der Waals surface area contributed by atoms with Gasteiger partial charge in [0.05, 0.1) is 7.11 Å². The molecule has 3 heteroatoms. The standard InChI is InChI=1S/C13H16N2O/c1-13(2,3)11-8-15-12(16-4)9-5-6-14-7-10(9)11/h5-8H,1-4H3. The number of hydrogen-bond donors (Lipinski definition) is 0. The third-order valence-electron chi connectivity index (χ3n) is 2.65. The van der Waals surface area contributed by atoms with Crippen molar-refractivity contribution in [3.63, 3.8) is 0 Å². The molecule has 16 heavy (non-hydrogen) atoms. The fraction of sp³-hybridized carbons (Fsp3) is 0.385.